The van der Waals surface area contributed by atoms with Crippen LogP contribution < -0.4 is 11.1 Å². The number of aromatic nitrogens is 2. The van der Waals surface area contributed by atoms with Gasteiger partial charge in [-0.25, -0.2) is 0 Å². The maximum absolute atomic E-state index is 6.13. The molecule has 0 amide bonds. The lowest BCUT2D eigenvalue weighted by atomic mass is 9.80. The highest BCUT2D eigenvalue weighted by molar-refractivity contribution is 5.65. The summed E-state index contributed by atoms with van der Waals surface area (Å²) in [5.41, 5.74) is 7.91. The number of aryl methyl sites for hydroxylation is 2. The Morgan fingerprint density at radius 3 is 2.72 bits per heavy atom. The van der Waals surface area contributed by atoms with Crippen LogP contribution in [0.15, 0.2) is 0 Å². The van der Waals surface area contributed by atoms with Gasteiger partial charge in [-0.1, -0.05) is 13.3 Å². The second-order valence-corrected chi connectivity index (χ2v) is 5.18. The van der Waals surface area contributed by atoms with Gasteiger partial charge in [0, 0.05) is 20.7 Å². The van der Waals surface area contributed by atoms with E-state index in [4.69, 9.17) is 10.5 Å². The smallest absolute Gasteiger partial charge is 0.147 e. The van der Waals surface area contributed by atoms with Gasteiger partial charge < -0.3 is 15.8 Å². The van der Waals surface area contributed by atoms with Crippen molar-refractivity contribution < 1.29 is 4.74 Å². The summed E-state index contributed by atoms with van der Waals surface area (Å²) in [6.45, 7) is 2.94. The minimum absolute atomic E-state index is 0.00162. The summed E-state index contributed by atoms with van der Waals surface area (Å²) in [4.78, 5) is 0. The Balaban J connectivity index is 2.04. The van der Waals surface area contributed by atoms with Crippen LogP contribution in [-0.4, -0.2) is 29.0 Å². The zero-order valence-corrected chi connectivity index (χ0v) is 11.6. The number of anilines is 2. The molecule has 0 unspecified atom stereocenters. The highest BCUT2D eigenvalue weighted by Crippen LogP contribution is 2.35. The van der Waals surface area contributed by atoms with Crippen molar-refractivity contribution in [3.05, 3.63) is 5.69 Å². The molecule has 102 valence electrons. The van der Waals surface area contributed by atoms with Gasteiger partial charge in [0.1, 0.15) is 5.82 Å². The molecule has 1 saturated carbocycles. The number of nitrogen functional groups attached to an aromatic ring is 1. The molecular formula is C13H24N4O. The molecule has 1 heterocycles. The van der Waals surface area contributed by atoms with Gasteiger partial charge in [-0.2, -0.15) is 5.10 Å². The molecule has 0 saturated heterocycles. The summed E-state index contributed by atoms with van der Waals surface area (Å²) in [7, 11) is 3.72. The molecule has 1 fully saturated rings. The number of nitrogens with zero attached hydrogens (tertiary/aromatic N) is 2. The van der Waals surface area contributed by atoms with Gasteiger partial charge >= 0.3 is 0 Å². The van der Waals surface area contributed by atoms with Crippen molar-refractivity contribution in [2.24, 2.45) is 7.05 Å². The molecule has 3 N–H and O–H groups in total. The summed E-state index contributed by atoms with van der Waals surface area (Å²) >= 11 is 0. The molecule has 0 atom stereocenters. The van der Waals surface area contributed by atoms with Crippen molar-refractivity contribution in [3.63, 3.8) is 0 Å². The maximum Gasteiger partial charge on any atom is 0.147 e. The predicted octanol–water partition coefficient (Wildman–Crippen LogP) is 1.94. The number of hydrogen-bond acceptors (Lipinski definition) is 4. The summed E-state index contributed by atoms with van der Waals surface area (Å²) in [5.74, 6) is 0.918. The van der Waals surface area contributed by atoms with Crippen molar-refractivity contribution >= 4 is 11.5 Å². The van der Waals surface area contributed by atoms with Crippen LogP contribution in [0.2, 0.25) is 0 Å². The van der Waals surface area contributed by atoms with Gasteiger partial charge in [-0.05, 0) is 25.7 Å². The van der Waals surface area contributed by atoms with Crippen LogP contribution in [0, 0.1) is 0 Å². The van der Waals surface area contributed by atoms with E-state index in [2.05, 4.69) is 17.3 Å². The molecule has 0 aliphatic heterocycles. The van der Waals surface area contributed by atoms with Gasteiger partial charge in [0.15, 0.2) is 0 Å². The van der Waals surface area contributed by atoms with E-state index in [1.807, 2.05) is 11.7 Å². The minimum Gasteiger partial charge on any atom is -0.394 e. The molecule has 2 rings (SSSR count). The van der Waals surface area contributed by atoms with E-state index in [-0.39, 0.29) is 5.60 Å². The van der Waals surface area contributed by atoms with Gasteiger partial charge in [0.2, 0.25) is 0 Å². The number of nitrogens with two attached hydrogens (primary N) is 1. The largest absolute Gasteiger partial charge is 0.394 e. The summed E-state index contributed by atoms with van der Waals surface area (Å²) in [5, 5.41) is 7.86. The van der Waals surface area contributed by atoms with E-state index in [0.717, 1.165) is 49.4 Å². The number of ether oxygens (including phenoxy) is 1. The highest BCUT2D eigenvalue weighted by Gasteiger charge is 2.37. The minimum atomic E-state index is 0.00162. The van der Waals surface area contributed by atoms with Gasteiger partial charge in [-0.3, -0.25) is 4.68 Å². The third kappa shape index (κ3) is 2.32. The average Bonchev–Trinajstić information content (AvgIpc) is 2.56. The van der Waals surface area contributed by atoms with Crippen molar-refractivity contribution in [1.82, 2.24) is 9.78 Å². The van der Waals surface area contributed by atoms with Crippen LogP contribution in [0.5, 0.6) is 0 Å². The lowest BCUT2D eigenvalue weighted by molar-refractivity contribution is -0.0602. The second kappa shape index (κ2) is 5.18. The SMILES string of the molecule is CCCc1nn(C)c(NCC2(OC)CCC2)c1N. The molecule has 1 aromatic rings. The monoisotopic (exact) mass is 252 g/mol. The fraction of sp³-hybridized carbons (Fsp3) is 0.769. The molecule has 0 bridgehead atoms. The molecule has 1 aliphatic carbocycles. The van der Waals surface area contributed by atoms with Crippen molar-refractivity contribution in [1.29, 1.82) is 0 Å². The Morgan fingerprint density at radius 1 is 1.50 bits per heavy atom. The third-order valence-corrected chi connectivity index (χ3v) is 3.92. The topological polar surface area (TPSA) is 65.1 Å². The molecule has 5 heteroatoms. The lowest BCUT2D eigenvalue weighted by Gasteiger charge is -2.40. The molecule has 5 nitrogen and oxygen atoms in total. The van der Waals surface area contributed by atoms with E-state index in [1.54, 1.807) is 7.11 Å². The fourth-order valence-corrected chi connectivity index (χ4v) is 2.50. The first-order valence-corrected chi connectivity index (χ1v) is 6.72. The van der Waals surface area contributed by atoms with Crippen LogP contribution in [0.4, 0.5) is 11.5 Å². The highest BCUT2D eigenvalue weighted by atomic mass is 16.5. The number of nitrogens with one attached hydrogen (secondary N) is 1. The molecule has 0 spiro atoms. The molecule has 1 aliphatic rings. The van der Waals surface area contributed by atoms with Crippen molar-refractivity contribution in [3.8, 4) is 0 Å². The van der Waals surface area contributed by atoms with E-state index >= 15 is 0 Å². The van der Waals surface area contributed by atoms with Gasteiger partial charge in [0.05, 0.1) is 17.0 Å². The fourth-order valence-electron chi connectivity index (χ4n) is 2.50. The van der Waals surface area contributed by atoms with Gasteiger partial charge in [-0.15, -0.1) is 0 Å². The standard InChI is InChI=1S/C13H24N4O/c1-4-6-10-11(14)12(17(2)16-10)15-9-13(18-3)7-5-8-13/h15H,4-9,14H2,1-3H3. The zero-order valence-electron chi connectivity index (χ0n) is 11.6. The lowest BCUT2D eigenvalue weighted by Crippen LogP contribution is -2.45. The molecule has 1 aromatic heterocycles. The molecule has 0 radical (unpaired) electrons. The Hall–Kier alpha value is -1.23. The second-order valence-electron chi connectivity index (χ2n) is 5.18. The third-order valence-electron chi connectivity index (χ3n) is 3.92. The van der Waals surface area contributed by atoms with E-state index in [9.17, 15) is 0 Å². The quantitative estimate of drug-likeness (QED) is 0.812. The first kappa shape index (κ1) is 13.2. The normalized spacial score (nSPS) is 17.5. The Bertz CT molecular complexity index is 404. The van der Waals surface area contributed by atoms with Crippen molar-refractivity contribution in [2.45, 2.75) is 44.6 Å². The van der Waals surface area contributed by atoms with Crippen LogP contribution in [0.3, 0.4) is 0 Å². The first-order chi connectivity index (χ1) is 8.62. The van der Waals surface area contributed by atoms with Crippen LogP contribution in [-0.2, 0) is 18.2 Å². The maximum atomic E-state index is 6.13. The van der Waals surface area contributed by atoms with Crippen LogP contribution >= 0.6 is 0 Å². The summed E-state index contributed by atoms with van der Waals surface area (Å²) in [6, 6.07) is 0. The van der Waals surface area contributed by atoms with E-state index in [1.165, 1.54) is 6.42 Å². The Labute approximate surface area is 109 Å². The number of hydrogen-bond donors (Lipinski definition) is 2. The van der Waals surface area contributed by atoms with E-state index in [0.29, 0.717) is 0 Å². The number of methoxy groups -OCH3 is 1. The molecule has 0 aromatic carbocycles. The Morgan fingerprint density at radius 2 is 2.22 bits per heavy atom. The summed E-state index contributed by atoms with van der Waals surface area (Å²) < 4.78 is 7.43. The zero-order chi connectivity index (χ0) is 13.2. The average molecular weight is 252 g/mol. The summed E-state index contributed by atoms with van der Waals surface area (Å²) in [6.07, 6.45) is 5.48. The van der Waals surface area contributed by atoms with Crippen LogP contribution in [0.1, 0.15) is 38.3 Å². The van der Waals surface area contributed by atoms with Crippen molar-refractivity contribution in [2.75, 3.05) is 24.7 Å². The Kier molecular flexibility index (Phi) is 3.80. The molecule has 18 heavy (non-hydrogen) atoms. The van der Waals surface area contributed by atoms with Gasteiger partial charge in [0.25, 0.3) is 0 Å². The van der Waals surface area contributed by atoms with E-state index < -0.39 is 0 Å². The number of rotatable bonds is 6. The van der Waals surface area contributed by atoms with Crippen LogP contribution in [0.25, 0.3) is 0 Å². The first-order valence-electron chi connectivity index (χ1n) is 6.72. The predicted molar refractivity (Wildman–Crippen MR) is 73.7 cm³/mol. The molecular weight excluding hydrogens is 228 g/mol.